The average molecular weight is 242 g/mol. The summed E-state index contributed by atoms with van der Waals surface area (Å²) in [5.74, 6) is -1.47. The van der Waals surface area contributed by atoms with E-state index in [0.29, 0.717) is 4.88 Å². The minimum absolute atomic E-state index is 0.0632. The molecule has 6 nitrogen and oxygen atoms in total. The molecule has 16 heavy (non-hydrogen) atoms. The second kappa shape index (κ2) is 4.18. The van der Waals surface area contributed by atoms with E-state index in [4.69, 9.17) is 5.11 Å². The number of carbonyl (C=O) groups excluding carboxylic acids is 1. The number of carbonyl (C=O) groups is 2. The summed E-state index contributed by atoms with van der Waals surface area (Å²) < 4.78 is 0. The van der Waals surface area contributed by atoms with E-state index in [1.807, 2.05) is 0 Å². The molecule has 0 unspecified atom stereocenters. The standard InChI is InChI=1S/C9H10N2O4S/c12-5-1-6(9(14)15)11(3-5)8(13)7-2-10-4-16-7/h2,4-6,12H,1,3H2,(H,14,15)/t5-,6-/m1/s1. The van der Waals surface area contributed by atoms with Crippen LogP contribution in [0.3, 0.4) is 0 Å². The molecule has 0 spiro atoms. The van der Waals surface area contributed by atoms with Crippen molar-refractivity contribution in [1.82, 2.24) is 9.88 Å². The van der Waals surface area contributed by atoms with E-state index in [1.54, 1.807) is 0 Å². The molecule has 1 amide bonds. The topological polar surface area (TPSA) is 90.7 Å². The van der Waals surface area contributed by atoms with E-state index in [1.165, 1.54) is 16.6 Å². The van der Waals surface area contributed by atoms with E-state index in [2.05, 4.69) is 4.98 Å². The van der Waals surface area contributed by atoms with E-state index in [0.717, 1.165) is 11.3 Å². The third-order valence-corrected chi connectivity index (χ3v) is 3.23. The van der Waals surface area contributed by atoms with Gasteiger partial charge in [0.2, 0.25) is 0 Å². The maximum Gasteiger partial charge on any atom is 0.326 e. The van der Waals surface area contributed by atoms with Crippen LogP contribution < -0.4 is 0 Å². The smallest absolute Gasteiger partial charge is 0.326 e. The van der Waals surface area contributed by atoms with Crippen molar-refractivity contribution < 1.29 is 19.8 Å². The number of likely N-dealkylation sites (tertiary alicyclic amines) is 1. The van der Waals surface area contributed by atoms with Crippen molar-refractivity contribution in [2.24, 2.45) is 0 Å². The third kappa shape index (κ3) is 1.91. The number of rotatable bonds is 2. The van der Waals surface area contributed by atoms with Crippen LogP contribution in [0, 0.1) is 0 Å². The first-order valence-electron chi connectivity index (χ1n) is 4.70. The molecule has 1 aliphatic heterocycles. The molecule has 7 heteroatoms. The fourth-order valence-corrected chi connectivity index (χ4v) is 2.31. The Balaban J connectivity index is 2.20. The largest absolute Gasteiger partial charge is 0.480 e. The normalized spacial score (nSPS) is 24.7. The molecule has 1 aromatic heterocycles. The number of aliphatic hydroxyl groups excluding tert-OH is 1. The molecular weight excluding hydrogens is 232 g/mol. The van der Waals surface area contributed by atoms with Crippen molar-refractivity contribution in [2.75, 3.05) is 6.54 Å². The average Bonchev–Trinajstić information content (AvgIpc) is 2.84. The SMILES string of the molecule is O=C(O)[C@H]1C[C@@H](O)CN1C(=O)c1cncs1. The van der Waals surface area contributed by atoms with Gasteiger partial charge in [-0.2, -0.15) is 0 Å². The molecule has 0 aromatic carbocycles. The second-order valence-electron chi connectivity index (χ2n) is 3.57. The number of aliphatic hydroxyl groups is 1. The van der Waals surface area contributed by atoms with Crippen LogP contribution in [0.5, 0.6) is 0 Å². The number of amides is 1. The predicted molar refractivity (Wildman–Crippen MR) is 55.2 cm³/mol. The maximum absolute atomic E-state index is 11.9. The molecule has 0 bridgehead atoms. The highest BCUT2D eigenvalue weighted by Gasteiger charge is 2.39. The van der Waals surface area contributed by atoms with Crippen molar-refractivity contribution in [3.05, 3.63) is 16.6 Å². The van der Waals surface area contributed by atoms with Crippen LogP contribution in [0.4, 0.5) is 0 Å². The lowest BCUT2D eigenvalue weighted by atomic mass is 10.2. The number of carboxylic acid groups (broad SMARTS) is 1. The Bertz CT molecular complexity index is 406. The zero-order valence-corrected chi connectivity index (χ0v) is 9.05. The quantitative estimate of drug-likeness (QED) is 0.749. The summed E-state index contributed by atoms with van der Waals surface area (Å²) in [5.41, 5.74) is 1.51. The highest BCUT2D eigenvalue weighted by molar-refractivity contribution is 7.11. The first kappa shape index (κ1) is 11.0. The van der Waals surface area contributed by atoms with Gasteiger partial charge in [-0.15, -0.1) is 11.3 Å². The summed E-state index contributed by atoms with van der Waals surface area (Å²) in [6, 6.07) is -0.940. The zero-order valence-electron chi connectivity index (χ0n) is 8.24. The highest BCUT2D eigenvalue weighted by atomic mass is 32.1. The molecule has 86 valence electrons. The molecule has 2 rings (SSSR count). The van der Waals surface area contributed by atoms with Crippen molar-refractivity contribution >= 4 is 23.2 Å². The fourth-order valence-electron chi connectivity index (χ4n) is 1.74. The molecule has 2 heterocycles. The van der Waals surface area contributed by atoms with Gasteiger partial charge in [0.15, 0.2) is 0 Å². The van der Waals surface area contributed by atoms with Gasteiger partial charge < -0.3 is 15.1 Å². The highest BCUT2D eigenvalue weighted by Crippen LogP contribution is 2.22. The van der Waals surface area contributed by atoms with Gasteiger partial charge in [-0.1, -0.05) is 0 Å². The number of aromatic nitrogens is 1. The number of hydrogen-bond acceptors (Lipinski definition) is 5. The van der Waals surface area contributed by atoms with Gasteiger partial charge in [0, 0.05) is 13.0 Å². The number of β-amino-alcohol motifs (C(OH)–C–C–N with tert-alkyl or cyclic N) is 1. The lowest BCUT2D eigenvalue weighted by molar-refractivity contribution is -0.141. The van der Waals surface area contributed by atoms with Gasteiger partial charge in [0.25, 0.3) is 5.91 Å². The lowest BCUT2D eigenvalue weighted by Crippen LogP contribution is -2.40. The molecule has 1 aliphatic rings. The number of aliphatic carboxylic acids is 1. The summed E-state index contributed by atoms with van der Waals surface area (Å²) in [7, 11) is 0. The molecule has 2 atom stereocenters. The fraction of sp³-hybridized carbons (Fsp3) is 0.444. The lowest BCUT2D eigenvalue weighted by Gasteiger charge is -2.19. The van der Waals surface area contributed by atoms with Crippen LogP contribution in [0.1, 0.15) is 16.1 Å². The number of hydrogen-bond donors (Lipinski definition) is 2. The Labute approximate surface area is 95.1 Å². The van der Waals surface area contributed by atoms with E-state index < -0.39 is 18.1 Å². The molecule has 0 radical (unpaired) electrons. The first-order chi connectivity index (χ1) is 7.59. The van der Waals surface area contributed by atoms with E-state index in [9.17, 15) is 14.7 Å². The minimum Gasteiger partial charge on any atom is -0.480 e. The van der Waals surface area contributed by atoms with Crippen LogP contribution in [-0.2, 0) is 4.79 Å². The Kier molecular flexibility index (Phi) is 2.88. The second-order valence-corrected chi connectivity index (χ2v) is 4.45. The number of carboxylic acids is 1. The van der Waals surface area contributed by atoms with Crippen LogP contribution in [0.15, 0.2) is 11.7 Å². The molecule has 0 saturated carbocycles. The molecule has 0 aliphatic carbocycles. The van der Waals surface area contributed by atoms with Crippen molar-refractivity contribution in [3.63, 3.8) is 0 Å². The van der Waals surface area contributed by atoms with Crippen molar-refractivity contribution in [2.45, 2.75) is 18.6 Å². The van der Waals surface area contributed by atoms with Crippen LogP contribution in [0.25, 0.3) is 0 Å². The Morgan fingerprint density at radius 3 is 2.88 bits per heavy atom. The molecule has 1 aromatic rings. The first-order valence-corrected chi connectivity index (χ1v) is 5.58. The molecule has 1 saturated heterocycles. The Morgan fingerprint density at radius 2 is 2.31 bits per heavy atom. The summed E-state index contributed by atoms with van der Waals surface area (Å²) in [6.07, 6.45) is 0.717. The summed E-state index contributed by atoms with van der Waals surface area (Å²) in [6.45, 7) is 0.0632. The van der Waals surface area contributed by atoms with Gasteiger partial charge in [-0.3, -0.25) is 9.78 Å². The van der Waals surface area contributed by atoms with Crippen LogP contribution in [-0.4, -0.2) is 50.7 Å². The summed E-state index contributed by atoms with van der Waals surface area (Å²) in [4.78, 5) is 28.1. The van der Waals surface area contributed by atoms with Gasteiger partial charge >= 0.3 is 5.97 Å². The van der Waals surface area contributed by atoms with E-state index >= 15 is 0 Å². The monoisotopic (exact) mass is 242 g/mol. The maximum atomic E-state index is 11.9. The molecule has 2 N–H and O–H groups in total. The van der Waals surface area contributed by atoms with E-state index in [-0.39, 0.29) is 18.9 Å². The third-order valence-electron chi connectivity index (χ3n) is 2.47. The molecular formula is C9H10N2O4S. The van der Waals surface area contributed by atoms with Crippen molar-refractivity contribution in [1.29, 1.82) is 0 Å². The van der Waals surface area contributed by atoms with Gasteiger partial charge in [-0.25, -0.2) is 4.79 Å². The van der Waals surface area contributed by atoms with Gasteiger partial charge in [-0.05, 0) is 0 Å². The van der Waals surface area contributed by atoms with Gasteiger partial charge in [0.1, 0.15) is 10.9 Å². The Morgan fingerprint density at radius 1 is 1.56 bits per heavy atom. The Hall–Kier alpha value is -1.47. The summed E-state index contributed by atoms with van der Waals surface area (Å²) in [5, 5.41) is 18.3. The predicted octanol–water partition coefficient (Wildman–Crippen LogP) is -0.197. The minimum atomic E-state index is -1.09. The van der Waals surface area contributed by atoms with Crippen molar-refractivity contribution in [3.8, 4) is 0 Å². The number of nitrogens with zero attached hydrogens (tertiary/aromatic N) is 2. The molecule has 1 fully saturated rings. The van der Waals surface area contributed by atoms with Gasteiger partial charge in [0.05, 0.1) is 17.8 Å². The zero-order chi connectivity index (χ0) is 11.7. The van der Waals surface area contributed by atoms with Crippen LogP contribution in [0.2, 0.25) is 0 Å². The summed E-state index contributed by atoms with van der Waals surface area (Å²) >= 11 is 1.16. The number of thiazole rings is 1. The van der Waals surface area contributed by atoms with Crippen LogP contribution >= 0.6 is 11.3 Å².